The number of hydrogen-bond donors (Lipinski definition) is 1. The molecule has 0 bridgehead atoms. The highest BCUT2D eigenvalue weighted by molar-refractivity contribution is 7.89. The average Bonchev–Trinajstić information content (AvgIpc) is 3.28. The molecule has 1 N–H and O–H groups in total. The van der Waals surface area contributed by atoms with Gasteiger partial charge in [-0.25, -0.2) is 17.2 Å². The second-order valence-corrected chi connectivity index (χ2v) is 10.6. The van der Waals surface area contributed by atoms with E-state index in [1.165, 1.54) is 29.4 Å². The Labute approximate surface area is 214 Å². The van der Waals surface area contributed by atoms with E-state index in [-0.39, 0.29) is 46.8 Å². The average molecular weight is 532 g/mol. The first-order chi connectivity index (χ1) is 17.7. The Morgan fingerprint density at radius 2 is 1.95 bits per heavy atom. The van der Waals surface area contributed by atoms with E-state index in [0.29, 0.717) is 25.1 Å². The van der Waals surface area contributed by atoms with Gasteiger partial charge in [-0.2, -0.15) is 4.31 Å². The smallest absolute Gasteiger partial charge is 0.248 e. The van der Waals surface area contributed by atoms with Crippen molar-refractivity contribution in [2.45, 2.75) is 31.2 Å². The number of piperidine rings is 1. The highest BCUT2D eigenvalue weighted by Gasteiger charge is 2.35. The number of aromatic nitrogens is 1. The summed E-state index contributed by atoms with van der Waals surface area (Å²) in [6.07, 6.45) is 3.31. The molecule has 1 aliphatic rings. The number of hydrogen-bond acceptors (Lipinski definition) is 6. The molecule has 8 nitrogen and oxygen atoms in total. The van der Waals surface area contributed by atoms with Gasteiger partial charge in [-0.3, -0.25) is 4.79 Å². The van der Waals surface area contributed by atoms with E-state index in [1.54, 1.807) is 7.11 Å². The van der Waals surface area contributed by atoms with Crippen molar-refractivity contribution in [2.75, 3.05) is 20.2 Å². The van der Waals surface area contributed by atoms with Crippen molar-refractivity contribution in [3.8, 4) is 5.75 Å². The minimum atomic E-state index is -3.99. The molecule has 2 aromatic carbocycles. The van der Waals surface area contributed by atoms with Gasteiger partial charge in [0.2, 0.25) is 15.9 Å². The third-order valence-corrected chi connectivity index (χ3v) is 8.29. The van der Waals surface area contributed by atoms with Crippen LogP contribution >= 0.6 is 0 Å². The summed E-state index contributed by atoms with van der Waals surface area (Å²) in [5.74, 6) is -1.31. The minimum absolute atomic E-state index is 0.0561. The van der Waals surface area contributed by atoms with Crippen molar-refractivity contribution < 1.29 is 31.3 Å². The molecule has 196 valence electrons. The second-order valence-electron chi connectivity index (χ2n) is 8.71. The van der Waals surface area contributed by atoms with Gasteiger partial charge < -0.3 is 14.6 Å². The molecule has 1 amide bonds. The number of amides is 1. The monoisotopic (exact) mass is 531 g/mol. The molecule has 0 unspecified atom stereocenters. The molecule has 2 heterocycles. The van der Waals surface area contributed by atoms with Gasteiger partial charge in [0.25, 0.3) is 0 Å². The van der Waals surface area contributed by atoms with Crippen LogP contribution < -0.4 is 10.1 Å². The first kappa shape index (κ1) is 26.5. The number of benzene rings is 2. The van der Waals surface area contributed by atoms with E-state index in [9.17, 15) is 22.0 Å². The zero-order valence-corrected chi connectivity index (χ0v) is 21.2. The summed E-state index contributed by atoms with van der Waals surface area (Å²) < 4.78 is 65.7. The number of aryl methyl sites for hydroxylation is 1. The largest absolute Gasteiger partial charge is 0.497 e. The summed E-state index contributed by atoms with van der Waals surface area (Å²) in [6, 6.07) is 10.5. The molecule has 3 aromatic rings. The van der Waals surface area contributed by atoms with Gasteiger partial charge >= 0.3 is 0 Å². The van der Waals surface area contributed by atoms with Crippen LogP contribution in [0.25, 0.3) is 12.2 Å². The van der Waals surface area contributed by atoms with Crippen LogP contribution in [-0.2, 0) is 21.4 Å². The van der Waals surface area contributed by atoms with Crippen LogP contribution in [0.5, 0.6) is 5.75 Å². The summed E-state index contributed by atoms with van der Waals surface area (Å²) >= 11 is 0. The lowest BCUT2D eigenvalue weighted by Gasteiger charge is -2.30. The van der Waals surface area contributed by atoms with Crippen molar-refractivity contribution in [3.05, 3.63) is 76.7 Å². The molecule has 11 heteroatoms. The standard InChI is InChI=1S/C26H27F2N3O5S/c1-17-25(24(36-30-17)9-7-19-6-8-21(27)15-23(19)28)37(33,34)31-12-10-20(11-13-31)26(32)29-16-18-4-3-5-22(14-18)35-2/h3-9,14-15,20H,10-13,16H2,1-2H3,(H,29,32)/b9-7+. The maximum Gasteiger partial charge on any atom is 0.248 e. The number of nitrogens with one attached hydrogen (secondary N) is 1. The van der Waals surface area contributed by atoms with Crippen molar-refractivity contribution >= 4 is 28.1 Å². The van der Waals surface area contributed by atoms with Crippen LogP contribution in [0.1, 0.15) is 35.4 Å². The molecular weight excluding hydrogens is 504 g/mol. The van der Waals surface area contributed by atoms with Gasteiger partial charge in [-0.15, -0.1) is 0 Å². The summed E-state index contributed by atoms with van der Waals surface area (Å²) in [5.41, 5.74) is 1.13. The third kappa shape index (κ3) is 6.05. The number of nitrogens with zero attached hydrogens (tertiary/aromatic N) is 2. The normalized spacial score (nSPS) is 15.2. The fourth-order valence-corrected chi connectivity index (χ4v) is 5.92. The van der Waals surface area contributed by atoms with Crippen LogP contribution in [0.3, 0.4) is 0 Å². The molecule has 4 rings (SSSR count). The van der Waals surface area contributed by atoms with Crippen LogP contribution in [0.2, 0.25) is 0 Å². The number of ether oxygens (including phenoxy) is 1. The fraction of sp³-hybridized carbons (Fsp3) is 0.308. The van der Waals surface area contributed by atoms with Crippen molar-refractivity contribution in [2.24, 2.45) is 5.92 Å². The van der Waals surface area contributed by atoms with Gasteiger partial charge in [0, 0.05) is 37.2 Å². The SMILES string of the molecule is COc1cccc(CNC(=O)C2CCN(S(=O)(=O)c3c(C)noc3/C=C/c3ccc(F)cc3F)CC2)c1. The number of carbonyl (C=O) groups is 1. The quantitative estimate of drug-likeness (QED) is 0.469. The van der Waals surface area contributed by atoms with Crippen molar-refractivity contribution in [1.29, 1.82) is 0 Å². The molecule has 1 saturated heterocycles. The van der Waals surface area contributed by atoms with Crippen molar-refractivity contribution in [1.82, 2.24) is 14.8 Å². The molecular formula is C26H27F2N3O5S. The van der Waals surface area contributed by atoms with E-state index < -0.39 is 21.7 Å². The van der Waals surface area contributed by atoms with Crippen LogP contribution in [0, 0.1) is 24.5 Å². The molecule has 0 saturated carbocycles. The van der Waals surface area contributed by atoms with E-state index in [1.807, 2.05) is 24.3 Å². The van der Waals surface area contributed by atoms with Gasteiger partial charge in [0.05, 0.1) is 7.11 Å². The second kappa shape index (κ2) is 11.2. The van der Waals surface area contributed by atoms with Gasteiger partial charge in [-0.1, -0.05) is 17.3 Å². The molecule has 0 radical (unpaired) electrons. The lowest BCUT2D eigenvalue weighted by molar-refractivity contribution is -0.126. The first-order valence-electron chi connectivity index (χ1n) is 11.7. The molecule has 1 fully saturated rings. The first-order valence-corrected chi connectivity index (χ1v) is 13.1. The number of methoxy groups -OCH3 is 1. The van der Waals surface area contributed by atoms with Crippen molar-refractivity contribution in [3.63, 3.8) is 0 Å². The van der Waals surface area contributed by atoms with E-state index >= 15 is 0 Å². The van der Waals surface area contributed by atoms with E-state index in [2.05, 4.69) is 10.5 Å². The highest BCUT2D eigenvalue weighted by atomic mass is 32.2. The molecule has 0 aliphatic carbocycles. The summed E-state index contributed by atoms with van der Waals surface area (Å²) in [6.45, 7) is 2.16. The Morgan fingerprint density at radius 3 is 2.65 bits per heavy atom. The zero-order valence-electron chi connectivity index (χ0n) is 20.4. The Kier molecular flexibility index (Phi) is 8.03. The summed E-state index contributed by atoms with van der Waals surface area (Å²) in [5, 5.41) is 6.69. The minimum Gasteiger partial charge on any atom is -0.497 e. The number of halogens is 2. The summed E-state index contributed by atoms with van der Waals surface area (Å²) in [4.78, 5) is 12.6. The Hall–Kier alpha value is -3.57. The molecule has 0 spiro atoms. The third-order valence-electron chi connectivity index (χ3n) is 6.23. The number of sulfonamides is 1. The predicted octanol–water partition coefficient (Wildman–Crippen LogP) is 4.16. The van der Waals surface area contributed by atoms with Gasteiger partial charge in [0.1, 0.15) is 23.1 Å². The Bertz CT molecular complexity index is 1410. The Morgan fingerprint density at radius 1 is 1.19 bits per heavy atom. The number of carbonyl (C=O) groups excluding carboxylic acids is 1. The molecule has 1 aromatic heterocycles. The lowest BCUT2D eigenvalue weighted by Crippen LogP contribution is -2.43. The van der Waals surface area contributed by atoms with Crippen LogP contribution in [0.15, 0.2) is 51.9 Å². The fourth-order valence-electron chi connectivity index (χ4n) is 4.20. The maximum atomic E-state index is 14.0. The summed E-state index contributed by atoms with van der Waals surface area (Å²) in [7, 11) is -2.41. The van der Waals surface area contributed by atoms with E-state index in [0.717, 1.165) is 17.7 Å². The zero-order chi connectivity index (χ0) is 26.6. The Balaban J connectivity index is 1.41. The predicted molar refractivity (Wildman–Crippen MR) is 133 cm³/mol. The van der Waals surface area contributed by atoms with Crippen LogP contribution in [-0.4, -0.2) is 44.0 Å². The van der Waals surface area contributed by atoms with E-state index in [4.69, 9.17) is 9.26 Å². The van der Waals surface area contributed by atoms with Crippen LogP contribution in [0.4, 0.5) is 8.78 Å². The maximum absolute atomic E-state index is 14.0. The van der Waals surface area contributed by atoms with Gasteiger partial charge in [0.15, 0.2) is 10.7 Å². The molecule has 37 heavy (non-hydrogen) atoms. The highest BCUT2D eigenvalue weighted by Crippen LogP contribution is 2.29. The molecule has 0 atom stereocenters. The molecule has 1 aliphatic heterocycles. The lowest BCUT2D eigenvalue weighted by atomic mass is 9.97. The van der Waals surface area contributed by atoms with Gasteiger partial charge in [-0.05, 0) is 61.7 Å². The number of rotatable bonds is 8. The topological polar surface area (TPSA) is 102 Å².